The van der Waals surface area contributed by atoms with Crippen LogP contribution in [0.1, 0.15) is 20.8 Å². The first kappa shape index (κ1) is 16.3. The molecule has 0 aliphatic carbocycles. The van der Waals surface area contributed by atoms with E-state index in [4.69, 9.17) is 13.6 Å². The lowest BCUT2D eigenvalue weighted by Crippen LogP contribution is -2.15. The van der Waals surface area contributed by atoms with E-state index in [9.17, 15) is 9.13 Å². The Morgan fingerprint density at radius 3 is 1.62 bits per heavy atom. The fourth-order valence-electron chi connectivity index (χ4n) is 1.35. The topological polar surface area (TPSA) is 61.8 Å². The number of rotatable bonds is 6. The molecule has 0 aliphatic heterocycles. The van der Waals surface area contributed by atoms with Gasteiger partial charge in [-0.15, -0.1) is 0 Å². The summed E-state index contributed by atoms with van der Waals surface area (Å²) in [6.45, 7) is 5.84. The van der Waals surface area contributed by atoms with Gasteiger partial charge < -0.3 is 13.6 Å². The Bertz CT molecular complexity index is 300. The van der Waals surface area contributed by atoms with E-state index in [0.717, 1.165) is 0 Å². The van der Waals surface area contributed by atoms with Gasteiger partial charge in [-0.2, -0.15) is 0 Å². The van der Waals surface area contributed by atoms with Crippen molar-refractivity contribution in [2.24, 2.45) is 5.41 Å². The molecule has 0 heterocycles. The molecular weight excluding hydrogens is 250 g/mol. The average molecular weight is 272 g/mol. The summed E-state index contributed by atoms with van der Waals surface area (Å²) < 4.78 is 38.9. The van der Waals surface area contributed by atoms with Crippen LogP contribution in [0.2, 0.25) is 0 Å². The van der Waals surface area contributed by atoms with Gasteiger partial charge in [-0.05, 0) is 5.41 Å². The van der Waals surface area contributed by atoms with Crippen molar-refractivity contribution in [1.29, 1.82) is 0 Å². The van der Waals surface area contributed by atoms with Crippen LogP contribution in [0.5, 0.6) is 0 Å². The van der Waals surface area contributed by atoms with E-state index in [2.05, 4.69) is 0 Å². The lowest BCUT2D eigenvalue weighted by atomic mass is 10.0. The summed E-state index contributed by atoms with van der Waals surface area (Å²) in [5.74, 6) is -0.180. The Labute approximate surface area is 97.8 Å². The van der Waals surface area contributed by atoms with E-state index < -0.39 is 15.0 Å². The molecule has 0 bridgehead atoms. The van der Waals surface area contributed by atoms with Crippen LogP contribution in [0.15, 0.2) is 0 Å². The average Bonchev–Trinajstić information content (AvgIpc) is 2.15. The molecule has 1 unspecified atom stereocenters. The van der Waals surface area contributed by atoms with Crippen LogP contribution in [0, 0.1) is 5.41 Å². The van der Waals surface area contributed by atoms with E-state index in [-0.39, 0.29) is 11.3 Å². The molecule has 5 nitrogen and oxygen atoms in total. The molecule has 0 fully saturated rings. The highest BCUT2D eigenvalue weighted by atomic mass is 31.2. The zero-order valence-electron chi connectivity index (χ0n) is 10.8. The summed E-state index contributed by atoms with van der Waals surface area (Å²) in [6, 6.07) is 0. The van der Waals surface area contributed by atoms with Crippen LogP contribution in [0.25, 0.3) is 0 Å². The van der Waals surface area contributed by atoms with Gasteiger partial charge in [0, 0.05) is 27.5 Å². The van der Waals surface area contributed by atoms with Gasteiger partial charge >= 0.3 is 7.60 Å². The molecule has 0 N–H and O–H groups in total. The normalized spacial score (nSPS) is 17.1. The molecule has 0 aromatic rings. The van der Waals surface area contributed by atoms with Crippen LogP contribution in [-0.2, 0) is 22.7 Å². The quantitative estimate of drug-likeness (QED) is 0.693. The van der Waals surface area contributed by atoms with Gasteiger partial charge in [0.05, 0.1) is 0 Å². The summed E-state index contributed by atoms with van der Waals surface area (Å²) >= 11 is 0. The van der Waals surface area contributed by atoms with E-state index in [1.54, 1.807) is 0 Å². The van der Waals surface area contributed by atoms with Crippen LogP contribution >= 0.6 is 15.0 Å². The van der Waals surface area contributed by atoms with Gasteiger partial charge in [-0.3, -0.25) is 9.13 Å². The van der Waals surface area contributed by atoms with Crippen LogP contribution in [0.3, 0.4) is 0 Å². The second-order valence-electron chi connectivity index (χ2n) is 4.83. The lowest BCUT2D eigenvalue weighted by molar-refractivity contribution is 0.277. The minimum Gasteiger partial charge on any atom is -0.331 e. The summed E-state index contributed by atoms with van der Waals surface area (Å²) in [5.41, 5.74) is -0.169. The minimum atomic E-state index is -3.29. The predicted molar refractivity (Wildman–Crippen MR) is 65.4 cm³/mol. The standard InChI is InChI=1S/C9H22O5P2/c1-9(2,3)7-15(10,12-4)8-16(11,13-5)14-6/h7-8H2,1-6H3. The van der Waals surface area contributed by atoms with Crippen molar-refractivity contribution in [3.63, 3.8) is 0 Å². The summed E-state index contributed by atoms with van der Waals surface area (Å²) in [5, 5.41) is 0. The number of hydrogen-bond acceptors (Lipinski definition) is 5. The zero-order chi connectivity index (χ0) is 13.0. The molecule has 0 saturated carbocycles. The molecule has 0 aromatic carbocycles. The lowest BCUT2D eigenvalue weighted by Gasteiger charge is -2.26. The molecular formula is C9H22O5P2. The van der Waals surface area contributed by atoms with E-state index in [1.807, 2.05) is 20.8 Å². The van der Waals surface area contributed by atoms with Crippen molar-refractivity contribution < 1.29 is 22.7 Å². The van der Waals surface area contributed by atoms with E-state index in [0.29, 0.717) is 6.16 Å². The molecule has 1 atom stereocenters. The molecule has 0 aromatic heterocycles. The Morgan fingerprint density at radius 1 is 0.938 bits per heavy atom. The molecule has 0 spiro atoms. The van der Waals surface area contributed by atoms with Crippen molar-refractivity contribution in [2.45, 2.75) is 20.8 Å². The van der Waals surface area contributed by atoms with Gasteiger partial charge in [0.15, 0.2) is 0 Å². The van der Waals surface area contributed by atoms with Crippen molar-refractivity contribution in [2.75, 3.05) is 33.4 Å². The van der Waals surface area contributed by atoms with Crippen LogP contribution < -0.4 is 0 Å². The van der Waals surface area contributed by atoms with Crippen molar-refractivity contribution >= 4 is 15.0 Å². The maximum Gasteiger partial charge on any atom is 0.339 e. The summed E-state index contributed by atoms with van der Waals surface area (Å²) in [7, 11) is -2.36. The molecule has 7 heteroatoms. The molecule has 0 saturated heterocycles. The second-order valence-corrected chi connectivity index (χ2v) is 10.2. The Morgan fingerprint density at radius 2 is 1.38 bits per heavy atom. The number of hydrogen-bond donors (Lipinski definition) is 0. The van der Waals surface area contributed by atoms with Crippen molar-refractivity contribution in [3.8, 4) is 0 Å². The van der Waals surface area contributed by atoms with E-state index in [1.165, 1.54) is 21.3 Å². The molecule has 0 radical (unpaired) electrons. The largest absolute Gasteiger partial charge is 0.339 e. The third-order valence-electron chi connectivity index (χ3n) is 1.99. The Balaban J connectivity index is 4.87. The first-order valence-electron chi connectivity index (χ1n) is 4.94. The summed E-state index contributed by atoms with van der Waals surface area (Å²) in [6.07, 6.45) is 0.340. The first-order chi connectivity index (χ1) is 7.10. The maximum atomic E-state index is 12.4. The van der Waals surface area contributed by atoms with Gasteiger partial charge in [0.25, 0.3) is 0 Å². The second kappa shape index (κ2) is 5.79. The highest BCUT2D eigenvalue weighted by Gasteiger charge is 2.38. The van der Waals surface area contributed by atoms with Gasteiger partial charge in [0.2, 0.25) is 7.37 Å². The Hall–Kier alpha value is 0.340. The Kier molecular flexibility index (Phi) is 5.91. The third-order valence-corrected chi connectivity index (χ3v) is 8.31. The third kappa shape index (κ3) is 5.60. The highest BCUT2D eigenvalue weighted by Crippen LogP contribution is 2.63. The van der Waals surface area contributed by atoms with E-state index >= 15 is 0 Å². The molecule has 0 rings (SSSR count). The van der Waals surface area contributed by atoms with Crippen LogP contribution in [-0.4, -0.2) is 33.4 Å². The molecule has 16 heavy (non-hydrogen) atoms. The predicted octanol–water partition coefficient (Wildman–Crippen LogP) is 3.40. The molecule has 0 aliphatic rings. The SMILES string of the molecule is COP(=O)(CC(C)(C)C)CP(=O)(OC)OC. The van der Waals surface area contributed by atoms with Crippen molar-refractivity contribution in [1.82, 2.24) is 0 Å². The monoisotopic (exact) mass is 272 g/mol. The zero-order valence-corrected chi connectivity index (χ0v) is 12.6. The smallest absolute Gasteiger partial charge is 0.331 e. The summed E-state index contributed by atoms with van der Waals surface area (Å²) in [4.78, 5) is 0. The van der Waals surface area contributed by atoms with Gasteiger partial charge in [-0.1, -0.05) is 20.8 Å². The highest BCUT2D eigenvalue weighted by molar-refractivity contribution is 7.73. The maximum absolute atomic E-state index is 12.4. The van der Waals surface area contributed by atoms with Crippen LogP contribution in [0.4, 0.5) is 0 Å². The first-order valence-corrected chi connectivity index (χ1v) is 8.66. The fourth-order valence-corrected chi connectivity index (χ4v) is 6.97. The van der Waals surface area contributed by atoms with Crippen molar-refractivity contribution in [3.05, 3.63) is 0 Å². The molecule has 0 amide bonds. The van der Waals surface area contributed by atoms with Gasteiger partial charge in [0.1, 0.15) is 5.90 Å². The molecule has 98 valence electrons. The van der Waals surface area contributed by atoms with Gasteiger partial charge in [-0.25, -0.2) is 0 Å². The minimum absolute atomic E-state index is 0.169. The fraction of sp³-hybridized carbons (Fsp3) is 1.00.